The van der Waals surface area contributed by atoms with Crippen LogP contribution in [0, 0.1) is 6.92 Å². The molecule has 7 heteroatoms. The lowest BCUT2D eigenvalue weighted by Gasteiger charge is -2.12. The second kappa shape index (κ2) is 5.62. The highest BCUT2D eigenvalue weighted by Crippen LogP contribution is 2.28. The lowest BCUT2D eigenvalue weighted by Crippen LogP contribution is -2.30. The number of ether oxygens (including phenoxy) is 2. The third kappa shape index (κ3) is 2.30. The van der Waals surface area contributed by atoms with E-state index < -0.39 is 5.91 Å². The van der Waals surface area contributed by atoms with E-state index in [1.165, 1.54) is 6.20 Å². The molecule has 0 fully saturated rings. The van der Waals surface area contributed by atoms with Gasteiger partial charge in [-0.2, -0.15) is 5.10 Å². The van der Waals surface area contributed by atoms with Gasteiger partial charge in [-0.15, -0.1) is 0 Å². The van der Waals surface area contributed by atoms with E-state index in [1.54, 1.807) is 44.0 Å². The van der Waals surface area contributed by atoms with Crippen molar-refractivity contribution in [1.82, 2.24) is 15.2 Å². The van der Waals surface area contributed by atoms with Crippen molar-refractivity contribution in [2.45, 2.75) is 6.92 Å². The molecule has 1 aromatic carbocycles. The van der Waals surface area contributed by atoms with Gasteiger partial charge in [0.1, 0.15) is 17.2 Å². The average molecular weight is 276 g/mol. The van der Waals surface area contributed by atoms with Crippen molar-refractivity contribution >= 4 is 5.91 Å². The zero-order valence-electron chi connectivity index (χ0n) is 11.5. The zero-order chi connectivity index (χ0) is 14.7. The maximum atomic E-state index is 11.6. The Bertz CT molecular complexity index is 637. The molecule has 1 aromatic heterocycles. The maximum absolute atomic E-state index is 11.6. The highest BCUT2D eigenvalue weighted by molar-refractivity contribution is 5.94. The van der Waals surface area contributed by atoms with Crippen molar-refractivity contribution in [3.8, 4) is 17.2 Å². The lowest BCUT2D eigenvalue weighted by molar-refractivity contribution is 0.0953. The number of nitrogens with zero attached hydrogens (tertiary/aromatic N) is 2. The largest absolute Gasteiger partial charge is 0.497 e. The lowest BCUT2D eigenvalue weighted by atomic mass is 10.2. The van der Waals surface area contributed by atoms with Gasteiger partial charge in [-0.25, -0.2) is 10.5 Å². The van der Waals surface area contributed by atoms with Crippen LogP contribution >= 0.6 is 0 Å². The summed E-state index contributed by atoms with van der Waals surface area (Å²) in [5.41, 5.74) is 3.82. The SMILES string of the molecule is COc1ccc(OC)c(-n2ncc(C(=O)NN)c2C)c1. The number of hydrogen-bond donors (Lipinski definition) is 2. The van der Waals surface area contributed by atoms with Crippen molar-refractivity contribution < 1.29 is 14.3 Å². The topological polar surface area (TPSA) is 91.4 Å². The van der Waals surface area contributed by atoms with Crippen LogP contribution in [0.15, 0.2) is 24.4 Å². The molecular weight excluding hydrogens is 260 g/mol. The fourth-order valence-corrected chi connectivity index (χ4v) is 1.92. The van der Waals surface area contributed by atoms with Gasteiger partial charge in [-0.05, 0) is 19.1 Å². The minimum Gasteiger partial charge on any atom is -0.497 e. The number of methoxy groups -OCH3 is 2. The Morgan fingerprint density at radius 1 is 1.35 bits per heavy atom. The normalized spacial score (nSPS) is 10.2. The number of nitrogens with two attached hydrogens (primary N) is 1. The van der Waals surface area contributed by atoms with Gasteiger partial charge in [0.25, 0.3) is 5.91 Å². The molecule has 1 heterocycles. The summed E-state index contributed by atoms with van der Waals surface area (Å²) in [6.07, 6.45) is 1.45. The first-order chi connectivity index (χ1) is 9.62. The molecule has 0 bridgehead atoms. The number of aromatic nitrogens is 2. The van der Waals surface area contributed by atoms with Crippen molar-refractivity contribution in [2.24, 2.45) is 5.84 Å². The predicted molar refractivity (Wildman–Crippen MR) is 73.1 cm³/mol. The molecule has 0 aliphatic rings. The Hall–Kier alpha value is -2.54. The fourth-order valence-electron chi connectivity index (χ4n) is 1.92. The summed E-state index contributed by atoms with van der Waals surface area (Å²) < 4.78 is 12.1. The summed E-state index contributed by atoms with van der Waals surface area (Å²) in [7, 11) is 3.15. The van der Waals surface area contributed by atoms with Crippen LogP contribution in [0.1, 0.15) is 16.1 Å². The first-order valence-corrected chi connectivity index (χ1v) is 5.90. The summed E-state index contributed by atoms with van der Waals surface area (Å²) in [4.78, 5) is 11.6. The van der Waals surface area contributed by atoms with Gasteiger partial charge in [0.05, 0.1) is 31.7 Å². The second-order valence-electron chi connectivity index (χ2n) is 4.07. The molecule has 0 aliphatic carbocycles. The van der Waals surface area contributed by atoms with E-state index in [4.69, 9.17) is 15.3 Å². The summed E-state index contributed by atoms with van der Waals surface area (Å²) in [5, 5.41) is 4.20. The highest BCUT2D eigenvalue weighted by atomic mass is 16.5. The smallest absolute Gasteiger partial charge is 0.268 e. The van der Waals surface area contributed by atoms with Gasteiger partial charge >= 0.3 is 0 Å². The number of amides is 1. The van der Waals surface area contributed by atoms with Crippen molar-refractivity contribution in [1.29, 1.82) is 0 Å². The van der Waals surface area contributed by atoms with E-state index in [0.717, 1.165) is 0 Å². The number of hydrogen-bond acceptors (Lipinski definition) is 5. The standard InChI is InChI=1S/C13H16N4O3/c1-8-10(13(18)16-14)7-15-17(8)11-6-9(19-2)4-5-12(11)20-3/h4-7H,14H2,1-3H3,(H,16,18). The summed E-state index contributed by atoms with van der Waals surface area (Å²) in [5.74, 6) is 6.04. The summed E-state index contributed by atoms with van der Waals surface area (Å²) in [6.45, 7) is 1.77. The van der Waals surface area contributed by atoms with Gasteiger partial charge in [0.15, 0.2) is 0 Å². The van der Waals surface area contributed by atoms with Crippen LogP contribution in [-0.4, -0.2) is 29.9 Å². The van der Waals surface area contributed by atoms with Crippen LogP contribution in [0.4, 0.5) is 0 Å². The Morgan fingerprint density at radius 3 is 2.70 bits per heavy atom. The fraction of sp³-hybridized carbons (Fsp3) is 0.231. The Balaban J connectivity index is 2.56. The molecule has 3 N–H and O–H groups in total. The van der Waals surface area contributed by atoms with Crippen LogP contribution < -0.4 is 20.7 Å². The molecule has 2 aromatic rings. The van der Waals surface area contributed by atoms with E-state index in [-0.39, 0.29) is 0 Å². The van der Waals surface area contributed by atoms with E-state index in [1.807, 2.05) is 0 Å². The minimum atomic E-state index is -0.393. The zero-order valence-corrected chi connectivity index (χ0v) is 11.5. The van der Waals surface area contributed by atoms with Gasteiger partial charge in [0.2, 0.25) is 0 Å². The van der Waals surface area contributed by atoms with Gasteiger partial charge in [0, 0.05) is 6.07 Å². The van der Waals surface area contributed by atoms with E-state index in [2.05, 4.69) is 10.5 Å². The van der Waals surface area contributed by atoms with Crippen LogP contribution in [0.3, 0.4) is 0 Å². The predicted octanol–water partition coefficient (Wildman–Crippen LogP) is 0.801. The Labute approximate surface area is 116 Å². The van der Waals surface area contributed by atoms with Crippen LogP contribution in [0.2, 0.25) is 0 Å². The third-order valence-electron chi connectivity index (χ3n) is 3.00. The van der Waals surface area contributed by atoms with Gasteiger partial charge in [-0.3, -0.25) is 10.2 Å². The van der Waals surface area contributed by atoms with E-state index >= 15 is 0 Å². The quantitative estimate of drug-likeness (QED) is 0.489. The van der Waals surface area contributed by atoms with Crippen LogP contribution in [-0.2, 0) is 0 Å². The second-order valence-corrected chi connectivity index (χ2v) is 4.07. The monoisotopic (exact) mass is 276 g/mol. The molecule has 1 amide bonds. The number of rotatable bonds is 4. The summed E-state index contributed by atoms with van der Waals surface area (Å²) >= 11 is 0. The van der Waals surface area contributed by atoms with Gasteiger partial charge in [-0.1, -0.05) is 0 Å². The Kier molecular flexibility index (Phi) is 3.90. The van der Waals surface area contributed by atoms with Crippen molar-refractivity contribution in [3.63, 3.8) is 0 Å². The number of nitrogens with one attached hydrogen (secondary N) is 1. The minimum absolute atomic E-state index is 0.393. The molecule has 0 saturated heterocycles. The Morgan fingerprint density at radius 2 is 2.10 bits per heavy atom. The molecule has 20 heavy (non-hydrogen) atoms. The number of nitrogen functional groups attached to an aromatic ring is 1. The first-order valence-electron chi connectivity index (χ1n) is 5.90. The van der Waals surface area contributed by atoms with E-state index in [9.17, 15) is 4.79 Å². The third-order valence-corrected chi connectivity index (χ3v) is 3.00. The molecule has 7 nitrogen and oxygen atoms in total. The van der Waals surface area contributed by atoms with Crippen LogP contribution in [0.25, 0.3) is 5.69 Å². The molecule has 0 atom stereocenters. The molecule has 106 valence electrons. The molecule has 2 rings (SSSR count). The molecular formula is C13H16N4O3. The number of hydrazine groups is 1. The van der Waals surface area contributed by atoms with Crippen molar-refractivity contribution in [2.75, 3.05) is 14.2 Å². The molecule has 0 radical (unpaired) electrons. The first kappa shape index (κ1) is 13.9. The highest BCUT2D eigenvalue weighted by Gasteiger charge is 2.17. The molecule has 0 spiro atoms. The average Bonchev–Trinajstić information content (AvgIpc) is 2.87. The molecule has 0 saturated carbocycles. The number of benzene rings is 1. The maximum Gasteiger partial charge on any atom is 0.268 e. The summed E-state index contributed by atoms with van der Waals surface area (Å²) in [6, 6.07) is 5.34. The molecule has 0 aliphatic heterocycles. The van der Waals surface area contributed by atoms with Crippen molar-refractivity contribution in [3.05, 3.63) is 35.7 Å². The number of carbonyl (C=O) groups excluding carboxylic acids is 1. The molecule has 0 unspecified atom stereocenters. The van der Waals surface area contributed by atoms with E-state index in [0.29, 0.717) is 28.4 Å². The number of carbonyl (C=O) groups is 1. The van der Waals surface area contributed by atoms with Gasteiger partial charge < -0.3 is 9.47 Å². The van der Waals surface area contributed by atoms with Crippen LogP contribution in [0.5, 0.6) is 11.5 Å².